The highest BCUT2D eigenvalue weighted by molar-refractivity contribution is 5.15. The highest BCUT2D eigenvalue weighted by Crippen LogP contribution is 2.58. The van der Waals surface area contributed by atoms with Gasteiger partial charge in [-0.2, -0.15) is 18.8 Å². The zero-order valence-corrected chi connectivity index (χ0v) is 6.35. The van der Waals surface area contributed by atoms with Crippen LogP contribution in [0, 0.1) is 23.7 Å². The molecule has 0 spiro atoms. The third kappa shape index (κ3) is 0.595. The highest BCUT2D eigenvalue weighted by atomic mass is 14.5. The molecule has 1 atom stereocenters. The van der Waals surface area contributed by atoms with Crippen molar-refractivity contribution in [2.45, 2.75) is 33.1 Å². The van der Waals surface area contributed by atoms with Crippen molar-refractivity contribution in [1.82, 2.24) is 0 Å². The second-order valence-corrected chi connectivity index (χ2v) is 3.69. The zero-order valence-electron chi connectivity index (χ0n) is 6.35. The van der Waals surface area contributed by atoms with Crippen LogP contribution in [0.2, 0.25) is 0 Å². The van der Waals surface area contributed by atoms with E-state index >= 15 is 0 Å². The molecule has 0 saturated heterocycles. The fraction of sp³-hybridized carbons (Fsp3) is 0.889. The first-order valence-corrected chi connectivity index (χ1v) is 4.16. The van der Waals surface area contributed by atoms with Crippen LogP contribution in [0.1, 0.15) is 33.1 Å². The molecule has 52 valence electrons. The molecule has 0 heteroatoms. The quantitative estimate of drug-likeness (QED) is 0.470. The molecule has 0 heterocycles. The van der Waals surface area contributed by atoms with Crippen molar-refractivity contribution < 1.29 is 0 Å². The normalized spacial score (nSPS) is 49.3. The van der Waals surface area contributed by atoms with E-state index in [2.05, 4.69) is 13.8 Å². The molecule has 3 fully saturated rings. The summed E-state index contributed by atoms with van der Waals surface area (Å²) < 4.78 is 0. The Balaban J connectivity index is 2.08. The second kappa shape index (κ2) is 1.74. The molecule has 1 unspecified atom stereocenters. The Morgan fingerprint density at radius 2 is 2.11 bits per heavy atom. The molecule has 0 radical (unpaired) electrons. The molecule has 0 aromatic carbocycles. The van der Waals surface area contributed by atoms with Gasteiger partial charge in [0.25, 0.3) is 0 Å². The van der Waals surface area contributed by atoms with E-state index in [1.165, 1.54) is 19.3 Å². The van der Waals surface area contributed by atoms with Crippen LogP contribution in [0.3, 0.4) is 0 Å². The lowest BCUT2D eigenvalue weighted by Gasteiger charge is -2.31. The van der Waals surface area contributed by atoms with Gasteiger partial charge in [-0.25, -0.2) is 0 Å². The van der Waals surface area contributed by atoms with E-state index in [0.717, 1.165) is 17.8 Å². The molecule has 0 nitrogen and oxygen atoms in total. The number of hydrogen-bond donors (Lipinski definition) is 0. The average molecular weight is 123 g/mol. The third-order valence-corrected chi connectivity index (χ3v) is 3.41. The van der Waals surface area contributed by atoms with Gasteiger partial charge in [-0.1, -0.05) is 32.1 Å². The lowest BCUT2D eigenvalue weighted by Crippen LogP contribution is -2.13. The monoisotopic (exact) mass is 123 g/mol. The van der Waals surface area contributed by atoms with E-state index in [4.69, 9.17) is 0 Å². The van der Waals surface area contributed by atoms with E-state index in [1.54, 1.807) is 0 Å². The molecule has 3 rings (SSSR count). The van der Waals surface area contributed by atoms with Crippen molar-refractivity contribution in [3.05, 3.63) is 5.92 Å². The zero-order chi connectivity index (χ0) is 6.43. The number of rotatable bonds is 1. The maximum Gasteiger partial charge on any atom is -0.0675 e. The fourth-order valence-corrected chi connectivity index (χ4v) is 2.69. The summed E-state index contributed by atoms with van der Waals surface area (Å²) in [6, 6.07) is 0. The van der Waals surface area contributed by atoms with Crippen LogP contribution in [0.15, 0.2) is 0 Å². The van der Waals surface area contributed by atoms with E-state index < -0.39 is 0 Å². The molecular formula is C9H15-. The topological polar surface area (TPSA) is 0 Å². The van der Waals surface area contributed by atoms with E-state index in [-0.39, 0.29) is 0 Å². The Hall–Kier alpha value is 0. The average Bonchev–Trinajstić information content (AvgIpc) is 2.15. The van der Waals surface area contributed by atoms with Crippen LogP contribution < -0.4 is 0 Å². The third-order valence-electron chi connectivity index (χ3n) is 3.41. The Kier molecular flexibility index (Phi) is 1.12. The molecule has 3 saturated carbocycles. The van der Waals surface area contributed by atoms with Crippen molar-refractivity contribution in [1.29, 1.82) is 0 Å². The number of fused-ring (bicyclic) bond motifs is 1. The van der Waals surface area contributed by atoms with Crippen molar-refractivity contribution in [3.63, 3.8) is 0 Å². The maximum atomic E-state index is 2.37. The van der Waals surface area contributed by atoms with Crippen LogP contribution in [0.5, 0.6) is 0 Å². The Labute approximate surface area is 57.6 Å². The summed E-state index contributed by atoms with van der Waals surface area (Å²) in [7, 11) is 0. The molecule has 0 aromatic heterocycles. The summed E-state index contributed by atoms with van der Waals surface area (Å²) in [6.07, 6.45) is 4.46. The molecule has 0 aliphatic heterocycles. The van der Waals surface area contributed by atoms with Crippen molar-refractivity contribution in [2.24, 2.45) is 17.8 Å². The van der Waals surface area contributed by atoms with Gasteiger partial charge in [0, 0.05) is 0 Å². The van der Waals surface area contributed by atoms with Gasteiger partial charge in [0.05, 0.1) is 0 Å². The molecule has 0 N–H and O–H groups in total. The summed E-state index contributed by atoms with van der Waals surface area (Å²) in [5, 5.41) is 0. The smallest absolute Gasteiger partial charge is 0.0675 e. The van der Waals surface area contributed by atoms with E-state index in [1.807, 2.05) is 5.92 Å². The summed E-state index contributed by atoms with van der Waals surface area (Å²) in [5.74, 6) is 5.01. The van der Waals surface area contributed by atoms with E-state index in [9.17, 15) is 0 Å². The lowest BCUT2D eigenvalue weighted by atomic mass is 9.82. The maximum absolute atomic E-state index is 2.37. The molecule has 2 bridgehead atoms. The minimum Gasteiger partial charge on any atom is -0.310 e. The van der Waals surface area contributed by atoms with Crippen LogP contribution in [-0.4, -0.2) is 0 Å². The molecule has 9 heavy (non-hydrogen) atoms. The first-order valence-electron chi connectivity index (χ1n) is 4.16. The van der Waals surface area contributed by atoms with Crippen molar-refractivity contribution in [2.75, 3.05) is 0 Å². The van der Waals surface area contributed by atoms with Gasteiger partial charge < -0.3 is 5.92 Å². The molecule has 0 aromatic rings. The van der Waals surface area contributed by atoms with Crippen molar-refractivity contribution >= 4 is 0 Å². The first kappa shape index (κ1) is 5.76. The molecular weight excluding hydrogens is 108 g/mol. The Morgan fingerprint density at radius 1 is 1.44 bits per heavy atom. The predicted molar refractivity (Wildman–Crippen MR) is 38.9 cm³/mol. The Morgan fingerprint density at radius 3 is 2.33 bits per heavy atom. The summed E-state index contributed by atoms with van der Waals surface area (Å²) in [5.41, 5.74) is 0. The fourth-order valence-electron chi connectivity index (χ4n) is 2.69. The minimum atomic E-state index is 1.02. The van der Waals surface area contributed by atoms with Crippen LogP contribution in [0.25, 0.3) is 0 Å². The van der Waals surface area contributed by atoms with Gasteiger partial charge in [0.1, 0.15) is 0 Å². The lowest BCUT2D eigenvalue weighted by molar-refractivity contribution is 0.273. The van der Waals surface area contributed by atoms with Crippen LogP contribution in [-0.2, 0) is 0 Å². The van der Waals surface area contributed by atoms with Gasteiger partial charge in [0.2, 0.25) is 0 Å². The minimum absolute atomic E-state index is 1.02. The van der Waals surface area contributed by atoms with Crippen molar-refractivity contribution in [3.8, 4) is 0 Å². The summed E-state index contributed by atoms with van der Waals surface area (Å²) >= 11 is 0. The molecule has 3 aliphatic rings. The number of hydrogen-bond acceptors (Lipinski definition) is 0. The van der Waals surface area contributed by atoms with Gasteiger partial charge in [-0.15, -0.1) is 0 Å². The van der Waals surface area contributed by atoms with Gasteiger partial charge in [0.15, 0.2) is 0 Å². The second-order valence-electron chi connectivity index (χ2n) is 3.69. The highest BCUT2D eigenvalue weighted by Gasteiger charge is 2.38. The standard InChI is InChI=1S/C9H15/c1-3-9-6(2)7-4-8(9)5-7/h7-9H,3-5H2,1-2H3/q-1. The van der Waals surface area contributed by atoms with Gasteiger partial charge >= 0.3 is 0 Å². The van der Waals surface area contributed by atoms with Gasteiger partial charge in [-0.05, 0) is 0 Å². The predicted octanol–water partition coefficient (Wildman–Crippen LogP) is 2.65. The van der Waals surface area contributed by atoms with Crippen LogP contribution >= 0.6 is 0 Å². The molecule has 3 aliphatic carbocycles. The Bertz CT molecular complexity index is 111. The summed E-state index contributed by atoms with van der Waals surface area (Å²) in [4.78, 5) is 0. The summed E-state index contributed by atoms with van der Waals surface area (Å²) in [6.45, 7) is 4.70. The SMILES string of the molecule is CCC1[C-](C)C2CC1C2. The first-order chi connectivity index (χ1) is 4.33. The molecule has 0 amide bonds. The van der Waals surface area contributed by atoms with E-state index in [0.29, 0.717) is 0 Å². The van der Waals surface area contributed by atoms with Crippen LogP contribution in [0.4, 0.5) is 0 Å². The largest absolute Gasteiger partial charge is 0.310 e. The van der Waals surface area contributed by atoms with Gasteiger partial charge in [-0.3, -0.25) is 0 Å².